The number of nitrogens with zero attached hydrogens (tertiary/aromatic N) is 3. The van der Waals surface area contributed by atoms with Crippen molar-refractivity contribution in [2.75, 3.05) is 10.2 Å². The normalized spacial score (nSPS) is 17.0. The first-order valence-corrected chi connectivity index (χ1v) is 8.15. The van der Waals surface area contributed by atoms with Crippen molar-refractivity contribution in [3.8, 4) is 0 Å². The average Bonchev–Trinajstić information content (AvgIpc) is 2.94. The van der Waals surface area contributed by atoms with Crippen LogP contribution in [0, 0.1) is 6.92 Å². The smallest absolute Gasteiger partial charge is 0.157 e. The monoisotopic (exact) mass is 333 g/mol. The maximum atomic E-state index is 5.99. The summed E-state index contributed by atoms with van der Waals surface area (Å²) >= 11 is 7.65. The zero-order chi connectivity index (χ0) is 15.5. The molecule has 3 rings (SSSR count). The van der Waals surface area contributed by atoms with Crippen LogP contribution in [0.3, 0.4) is 0 Å². The van der Waals surface area contributed by atoms with Crippen LogP contribution in [0.4, 0.5) is 11.5 Å². The van der Waals surface area contributed by atoms with Gasteiger partial charge in [-0.1, -0.05) is 41.6 Å². The largest absolute Gasteiger partial charge is 0.341 e. The van der Waals surface area contributed by atoms with E-state index in [-0.39, 0.29) is 5.50 Å². The third-order valence-corrected chi connectivity index (χ3v) is 4.32. The predicted molar refractivity (Wildman–Crippen MR) is 92.7 cm³/mol. The molecule has 2 aromatic rings. The molecule has 0 bridgehead atoms. The third-order valence-electron chi connectivity index (χ3n) is 3.25. The second kappa shape index (κ2) is 6.56. The van der Waals surface area contributed by atoms with E-state index in [1.807, 2.05) is 36.7 Å². The molecule has 0 aliphatic carbocycles. The van der Waals surface area contributed by atoms with E-state index in [2.05, 4.69) is 26.3 Å². The lowest BCUT2D eigenvalue weighted by Crippen LogP contribution is -2.32. The first kappa shape index (κ1) is 15.1. The first-order valence-electron chi connectivity index (χ1n) is 6.83. The summed E-state index contributed by atoms with van der Waals surface area (Å²) in [7, 11) is 0. The molecule has 22 heavy (non-hydrogen) atoms. The molecule has 3 N–H and O–H groups in total. The summed E-state index contributed by atoms with van der Waals surface area (Å²) in [6, 6.07) is 9.82. The van der Waals surface area contributed by atoms with Crippen molar-refractivity contribution in [1.29, 1.82) is 0 Å². The van der Waals surface area contributed by atoms with Crippen molar-refractivity contribution in [2.24, 2.45) is 5.73 Å². The highest BCUT2D eigenvalue weighted by Crippen LogP contribution is 2.33. The molecule has 1 aromatic carbocycles. The summed E-state index contributed by atoms with van der Waals surface area (Å²) in [6.45, 7) is 2.31. The number of hydrogen-bond acceptors (Lipinski definition) is 6. The van der Waals surface area contributed by atoms with Gasteiger partial charge >= 0.3 is 0 Å². The molecule has 0 saturated carbocycles. The number of nitrogens with two attached hydrogens (primary N) is 1. The van der Waals surface area contributed by atoms with E-state index < -0.39 is 0 Å². The average molecular weight is 334 g/mol. The number of benzene rings is 1. The molecule has 1 unspecified atom stereocenters. The van der Waals surface area contributed by atoms with Crippen molar-refractivity contribution >= 4 is 34.9 Å². The first-order chi connectivity index (χ1) is 10.7. The number of anilines is 2. The van der Waals surface area contributed by atoms with Gasteiger partial charge in [0, 0.05) is 24.5 Å². The Morgan fingerprint density at radius 3 is 2.95 bits per heavy atom. The minimum atomic E-state index is -0.00179. The lowest BCUT2D eigenvalue weighted by atomic mass is 10.1. The second-order valence-corrected chi connectivity index (χ2v) is 6.16. The summed E-state index contributed by atoms with van der Waals surface area (Å²) in [5, 5.41) is 5.85. The number of aromatic nitrogens is 2. The molecule has 5 nitrogen and oxygen atoms in total. The Bertz CT molecular complexity index is 686. The van der Waals surface area contributed by atoms with E-state index in [0.717, 1.165) is 11.3 Å². The van der Waals surface area contributed by atoms with Crippen LogP contribution in [0.1, 0.15) is 11.4 Å². The molecule has 0 amide bonds. The van der Waals surface area contributed by atoms with E-state index >= 15 is 0 Å². The second-order valence-electron chi connectivity index (χ2n) is 4.78. The molecule has 1 atom stereocenters. The quantitative estimate of drug-likeness (QED) is 0.837. The molecule has 0 spiro atoms. The third kappa shape index (κ3) is 3.19. The van der Waals surface area contributed by atoms with Crippen molar-refractivity contribution in [2.45, 2.75) is 19.0 Å². The van der Waals surface area contributed by atoms with Crippen molar-refractivity contribution < 1.29 is 0 Å². The molecule has 1 aliphatic rings. The Morgan fingerprint density at radius 2 is 2.18 bits per heavy atom. The van der Waals surface area contributed by atoms with Crippen molar-refractivity contribution in [1.82, 2.24) is 9.97 Å². The summed E-state index contributed by atoms with van der Waals surface area (Å²) in [5.41, 5.74) is 8.02. The topological polar surface area (TPSA) is 67.1 Å². The van der Waals surface area contributed by atoms with Gasteiger partial charge in [-0.2, -0.15) is 0 Å². The number of halogens is 1. The van der Waals surface area contributed by atoms with Crippen LogP contribution in [0.15, 0.2) is 41.9 Å². The van der Waals surface area contributed by atoms with Gasteiger partial charge in [0.25, 0.3) is 0 Å². The Balaban J connectivity index is 1.85. The van der Waals surface area contributed by atoms with Gasteiger partial charge in [0.15, 0.2) is 5.50 Å². The number of thioether (sulfide) groups is 1. The molecule has 1 aromatic heterocycles. The fourth-order valence-electron chi connectivity index (χ4n) is 2.30. The van der Waals surface area contributed by atoms with E-state index in [0.29, 0.717) is 23.3 Å². The lowest BCUT2D eigenvalue weighted by molar-refractivity contribution is 0.935. The van der Waals surface area contributed by atoms with E-state index in [1.165, 1.54) is 0 Å². The summed E-state index contributed by atoms with van der Waals surface area (Å²) in [5.74, 6) is 1.34. The van der Waals surface area contributed by atoms with Crippen LogP contribution in [0.25, 0.3) is 0 Å². The molecule has 0 fully saturated rings. The molecule has 7 heteroatoms. The SMILES string of the molecule is Cc1nc(Cl)cc(NC2SC=CN2c2ccccc2CN)n1. The van der Waals surface area contributed by atoms with Gasteiger partial charge in [0.2, 0.25) is 0 Å². The van der Waals surface area contributed by atoms with Crippen LogP contribution in [0.2, 0.25) is 5.15 Å². The van der Waals surface area contributed by atoms with Gasteiger partial charge < -0.3 is 16.0 Å². The minimum Gasteiger partial charge on any atom is -0.341 e. The van der Waals surface area contributed by atoms with Crippen LogP contribution >= 0.6 is 23.4 Å². The van der Waals surface area contributed by atoms with E-state index in [9.17, 15) is 0 Å². The van der Waals surface area contributed by atoms with E-state index in [4.69, 9.17) is 17.3 Å². The van der Waals surface area contributed by atoms with Crippen molar-refractivity contribution in [3.05, 3.63) is 58.5 Å². The number of para-hydroxylation sites is 1. The summed E-state index contributed by atoms with van der Waals surface area (Å²) in [6.07, 6.45) is 2.03. The number of hydrogen-bond donors (Lipinski definition) is 2. The van der Waals surface area contributed by atoms with Gasteiger partial charge in [-0.15, -0.1) is 0 Å². The molecule has 2 heterocycles. The molecule has 114 valence electrons. The van der Waals surface area contributed by atoms with Gasteiger partial charge in [0.1, 0.15) is 16.8 Å². The maximum absolute atomic E-state index is 5.99. The minimum absolute atomic E-state index is 0.00179. The van der Waals surface area contributed by atoms with Crippen LogP contribution < -0.4 is 16.0 Å². The lowest BCUT2D eigenvalue weighted by Gasteiger charge is -2.27. The van der Waals surface area contributed by atoms with Crippen molar-refractivity contribution in [3.63, 3.8) is 0 Å². The molecule has 0 radical (unpaired) electrons. The van der Waals surface area contributed by atoms with Gasteiger partial charge in [-0.25, -0.2) is 9.97 Å². The maximum Gasteiger partial charge on any atom is 0.157 e. The fraction of sp³-hybridized carbons (Fsp3) is 0.200. The Morgan fingerprint density at radius 1 is 1.36 bits per heavy atom. The molecular formula is C15H16ClN5S. The zero-order valence-corrected chi connectivity index (χ0v) is 13.6. The highest BCUT2D eigenvalue weighted by atomic mass is 35.5. The summed E-state index contributed by atoms with van der Waals surface area (Å²) in [4.78, 5) is 10.6. The zero-order valence-electron chi connectivity index (χ0n) is 12.0. The Labute approximate surface area is 138 Å². The predicted octanol–water partition coefficient (Wildman–Crippen LogP) is 3.32. The standard InChI is InChI=1S/C15H16ClN5S/c1-10-18-13(16)8-14(19-10)20-15-21(6-7-22-15)12-5-3-2-4-11(12)9-17/h2-8,15H,9,17H2,1H3,(H,18,19,20). The van der Waals surface area contributed by atoms with Crippen LogP contribution in [0.5, 0.6) is 0 Å². The Hall–Kier alpha value is -1.76. The van der Waals surface area contributed by atoms with Gasteiger partial charge in [0.05, 0.1) is 0 Å². The molecule has 1 aliphatic heterocycles. The van der Waals surface area contributed by atoms with Gasteiger partial charge in [-0.3, -0.25) is 0 Å². The van der Waals surface area contributed by atoms with Crippen LogP contribution in [-0.2, 0) is 6.54 Å². The number of rotatable bonds is 4. The highest BCUT2D eigenvalue weighted by Gasteiger charge is 2.23. The summed E-state index contributed by atoms with van der Waals surface area (Å²) < 4.78 is 0. The number of aryl methyl sites for hydroxylation is 1. The highest BCUT2D eigenvalue weighted by molar-refractivity contribution is 8.03. The Kier molecular flexibility index (Phi) is 4.52. The molecule has 0 saturated heterocycles. The number of nitrogens with one attached hydrogen (secondary N) is 1. The van der Waals surface area contributed by atoms with Crippen LogP contribution in [-0.4, -0.2) is 15.5 Å². The molecular weight excluding hydrogens is 318 g/mol. The van der Waals surface area contributed by atoms with Gasteiger partial charge in [-0.05, 0) is 24.0 Å². The fourth-order valence-corrected chi connectivity index (χ4v) is 3.38. The van der Waals surface area contributed by atoms with E-state index in [1.54, 1.807) is 17.8 Å².